The number of fused-ring (bicyclic) bond motifs is 1. The first-order valence-corrected chi connectivity index (χ1v) is 17.0. The first-order valence-electron chi connectivity index (χ1n) is 17.0. The van der Waals surface area contributed by atoms with E-state index in [9.17, 15) is 24.9 Å². The Hall–Kier alpha value is -2.64. The first-order chi connectivity index (χ1) is 21.8. The summed E-state index contributed by atoms with van der Waals surface area (Å²) in [5.74, 6) is -0.669. The van der Waals surface area contributed by atoms with Gasteiger partial charge in [0.15, 0.2) is 6.23 Å². The lowest BCUT2D eigenvalue weighted by Gasteiger charge is -2.17. The molecule has 45 heavy (non-hydrogen) atoms. The van der Waals surface area contributed by atoms with Gasteiger partial charge < -0.3 is 40.4 Å². The van der Waals surface area contributed by atoms with Gasteiger partial charge in [0.05, 0.1) is 17.6 Å². The number of aryl methyl sites for hydroxylation is 1. The largest absolute Gasteiger partial charge is 0.394 e. The lowest BCUT2D eigenvalue weighted by Crippen LogP contribution is -2.33. The number of primary amides is 1. The number of nitrogens with two attached hydrogens (primary N) is 1. The third-order valence-corrected chi connectivity index (χ3v) is 8.43. The molecule has 0 radical (unpaired) electrons. The SMILES string of the molecule is CCCCCCCCCCCCCCCCOCCCC(=O)Nc1nc(C)nc2c1c(C(N)=O)cn2[C@@H]1O[C@H](CO)[C@@H](O)[C@H]1O. The molecule has 2 aromatic heterocycles. The molecule has 0 aliphatic carbocycles. The van der Waals surface area contributed by atoms with Crippen molar-refractivity contribution in [2.24, 2.45) is 5.73 Å². The molecule has 0 unspecified atom stereocenters. The lowest BCUT2D eigenvalue weighted by atomic mass is 10.0. The molecule has 1 saturated heterocycles. The molecule has 1 aliphatic rings. The molecule has 0 aromatic carbocycles. The predicted molar refractivity (Wildman–Crippen MR) is 173 cm³/mol. The number of hydrogen-bond donors (Lipinski definition) is 5. The van der Waals surface area contributed by atoms with Crippen LogP contribution in [0.5, 0.6) is 0 Å². The number of hydrogen-bond acceptors (Lipinski definition) is 9. The minimum Gasteiger partial charge on any atom is -0.394 e. The molecule has 0 bridgehead atoms. The zero-order chi connectivity index (χ0) is 32.6. The molecule has 4 atom stereocenters. The van der Waals surface area contributed by atoms with Crippen molar-refractivity contribution < 1.29 is 34.4 Å². The van der Waals surface area contributed by atoms with Crippen LogP contribution in [-0.2, 0) is 14.3 Å². The van der Waals surface area contributed by atoms with E-state index in [0.717, 1.165) is 12.8 Å². The molecule has 2 aromatic rings. The Bertz CT molecular complexity index is 1190. The standard InChI is InChI=1S/C33H55N5O7/c1-3-4-5-6-7-8-9-10-11-12-13-14-15-16-19-44-20-17-18-26(40)37-31-27-24(30(34)43)21-38(32(27)36-23(2)35-31)33-29(42)28(41)25(22-39)45-33/h21,25,28-29,33,39,41-42H,3-20,22H2,1-2H3,(H2,34,43)(H,35,36,37,40)/t25-,28-,29-,33-/m1/s1. The number of unbranched alkanes of at least 4 members (excludes halogenated alkanes) is 13. The number of ether oxygens (including phenoxy) is 2. The molecule has 0 saturated carbocycles. The maximum absolute atomic E-state index is 12.8. The lowest BCUT2D eigenvalue weighted by molar-refractivity contribution is -0.116. The Kier molecular flexibility index (Phi) is 16.2. The number of carbonyl (C=O) groups excluding carboxylic acids is 2. The van der Waals surface area contributed by atoms with Crippen molar-refractivity contribution in [3.8, 4) is 0 Å². The number of aliphatic hydroxyl groups is 3. The van der Waals surface area contributed by atoms with Gasteiger partial charge in [0.1, 0.15) is 35.6 Å². The van der Waals surface area contributed by atoms with Crippen LogP contribution in [-0.4, -0.2) is 79.8 Å². The first kappa shape index (κ1) is 36.8. The smallest absolute Gasteiger partial charge is 0.251 e. The summed E-state index contributed by atoms with van der Waals surface area (Å²) >= 11 is 0. The van der Waals surface area contributed by atoms with Crippen molar-refractivity contribution in [2.45, 2.75) is 141 Å². The second-order valence-corrected chi connectivity index (χ2v) is 12.2. The average Bonchev–Trinajstić information content (AvgIpc) is 3.53. The van der Waals surface area contributed by atoms with E-state index in [1.807, 2.05) is 0 Å². The van der Waals surface area contributed by atoms with Crippen molar-refractivity contribution in [3.63, 3.8) is 0 Å². The highest BCUT2D eigenvalue weighted by atomic mass is 16.6. The maximum atomic E-state index is 12.8. The van der Waals surface area contributed by atoms with Crippen LogP contribution in [0.25, 0.3) is 11.0 Å². The van der Waals surface area contributed by atoms with Crippen molar-refractivity contribution in [3.05, 3.63) is 17.6 Å². The van der Waals surface area contributed by atoms with Gasteiger partial charge >= 0.3 is 0 Å². The van der Waals surface area contributed by atoms with Gasteiger partial charge in [0.25, 0.3) is 5.91 Å². The second-order valence-electron chi connectivity index (χ2n) is 12.2. The summed E-state index contributed by atoms with van der Waals surface area (Å²) in [7, 11) is 0. The summed E-state index contributed by atoms with van der Waals surface area (Å²) in [5.41, 5.74) is 5.84. The number of carbonyl (C=O) groups is 2. The normalized spacial score (nSPS) is 19.8. The van der Waals surface area contributed by atoms with E-state index in [-0.39, 0.29) is 34.7 Å². The number of aromatic nitrogens is 3. The fourth-order valence-corrected chi connectivity index (χ4v) is 5.87. The summed E-state index contributed by atoms with van der Waals surface area (Å²) < 4.78 is 12.7. The molecule has 254 valence electrons. The summed E-state index contributed by atoms with van der Waals surface area (Å²) in [6.07, 6.45) is 15.6. The van der Waals surface area contributed by atoms with Crippen LogP contribution in [0.4, 0.5) is 5.82 Å². The van der Waals surface area contributed by atoms with E-state index in [1.54, 1.807) is 6.92 Å². The van der Waals surface area contributed by atoms with E-state index in [2.05, 4.69) is 22.2 Å². The number of nitrogens with one attached hydrogen (secondary N) is 1. The maximum Gasteiger partial charge on any atom is 0.251 e. The van der Waals surface area contributed by atoms with Gasteiger partial charge in [0.2, 0.25) is 5.91 Å². The third-order valence-electron chi connectivity index (χ3n) is 8.43. The number of anilines is 1. The minimum absolute atomic E-state index is 0.0227. The molecule has 3 heterocycles. The topological polar surface area (TPSA) is 182 Å². The zero-order valence-corrected chi connectivity index (χ0v) is 27.2. The van der Waals surface area contributed by atoms with Gasteiger partial charge in [-0.25, -0.2) is 9.97 Å². The van der Waals surface area contributed by atoms with Crippen molar-refractivity contribution in [1.29, 1.82) is 0 Å². The van der Waals surface area contributed by atoms with Crippen molar-refractivity contribution in [1.82, 2.24) is 14.5 Å². The van der Waals surface area contributed by atoms with Gasteiger partial charge in [-0.2, -0.15) is 0 Å². The quantitative estimate of drug-likeness (QED) is 0.109. The number of nitrogens with zero attached hydrogens (tertiary/aromatic N) is 3. The fourth-order valence-electron chi connectivity index (χ4n) is 5.87. The summed E-state index contributed by atoms with van der Waals surface area (Å²) in [5, 5.41) is 33.2. The van der Waals surface area contributed by atoms with Gasteiger partial charge in [-0.15, -0.1) is 0 Å². The highest BCUT2D eigenvalue weighted by molar-refractivity contribution is 6.11. The molecule has 12 nitrogen and oxygen atoms in total. The summed E-state index contributed by atoms with van der Waals surface area (Å²) in [4.78, 5) is 33.8. The van der Waals surface area contributed by atoms with Gasteiger partial charge in [-0.3, -0.25) is 9.59 Å². The number of amides is 2. The van der Waals surface area contributed by atoms with Crippen LogP contribution in [0.1, 0.15) is 132 Å². The highest BCUT2D eigenvalue weighted by Crippen LogP contribution is 2.35. The molecule has 3 rings (SSSR count). The fraction of sp³-hybridized carbons (Fsp3) is 0.758. The summed E-state index contributed by atoms with van der Waals surface area (Å²) in [6.45, 7) is 4.53. The molecular weight excluding hydrogens is 578 g/mol. The van der Waals surface area contributed by atoms with Crippen LogP contribution in [0.3, 0.4) is 0 Å². The Morgan fingerprint density at radius 2 is 1.49 bits per heavy atom. The third kappa shape index (κ3) is 11.3. The number of rotatable bonds is 23. The van der Waals surface area contributed by atoms with E-state index < -0.39 is 37.1 Å². The Balaban J connectivity index is 1.36. The molecular formula is C33H55N5O7. The van der Waals surface area contributed by atoms with Gasteiger partial charge in [-0.05, 0) is 19.8 Å². The van der Waals surface area contributed by atoms with Crippen LogP contribution < -0.4 is 11.1 Å². The van der Waals surface area contributed by atoms with Gasteiger partial charge in [0, 0.05) is 25.8 Å². The van der Waals surface area contributed by atoms with Gasteiger partial charge in [-0.1, -0.05) is 90.4 Å². The Morgan fingerprint density at radius 3 is 2.04 bits per heavy atom. The van der Waals surface area contributed by atoms with Crippen LogP contribution in [0.2, 0.25) is 0 Å². The molecule has 1 aliphatic heterocycles. The van der Waals surface area contributed by atoms with E-state index in [4.69, 9.17) is 15.2 Å². The molecule has 12 heteroatoms. The van der Waals surface area contributed by atoms with Crippen molar-refractivity contribution in [2.75, 3.05) is 25.1 Å². The van der Waals surface area contributed by atoms with Crippen LogP contribution in [0.15, 0.2) is 6.20 Å². The van der Waals surface area contributed by atoms with Crippen LogP contribution >= 0.6 is 0 Å². The second kappa shape index (κ2) is 19.8. The highest BCUT2D eigenvalue weighted by Gasteiger charge is 2.44. The molecule has 2 amide bonds. The molecule has 1 fully saturated rings. The Morgan fingerprint density at radius 1 is 0.911 bits per heavy atom. The molecule has 6 N–H and O–H groups in total. The molecule has 0 spiro atoms. The summed E-state index contributed by atoms with van der Waals surface area (Å²) in [6, 6.07) is 0. The number of aliphatic hydroxyl groups excluding tert-OH is 3. The van der Waals surface area contributed by atoms with E-state index >= 15 is 0 Å². The van der Waals surface area contributed by atoms with Crippen LogP contribution in [0, 0.1) is 6.92 Å². The van der Waals surface area contributed by atoms with E-state index in [0.29, 0.717) is 25.5 Å². The minimum atomic E-state index is -1.39. The van der Waals surface area contributed by atoms with E-state index in [1.165, 1.54) is 87.8 Å². The van der Waals surface area contributed by atoms with Crippen molar-refractivity contribution >= 4 is 28.7 Å². The average molecular weight is 634 g/mol. The monoisotopic (exact) mass is 633 g/mol. The predicted octanol–water partition coefficient (Wildman–Crippen LogP) is 4.67. The zero-order valence-electron chi connectivity index (χ0n) is 27.2. The Labute approximate surface area is 267 Å².